The first kappa shape index (κ1) is 11.4. The minimum absolute atomic E-state index is 0.233. The molecule has 2 nitrogen and oxygen atoms in total. The Morgan fingerprint density at radius 2 is 1.94 bits per heavy atom. The molecule has 2 aliphatic carbocycles. The van der Waals surface area contributed by atoms with Gasteiger partial charge in [0, 0.05) is 19.5 Å². The number of nitrogens with zero attached hydrogens (tertiary/aromatic N) is 1. The molecular weight excluding hydrogens is 224 g/mol. The van der Waals surface area contributed by atoms with Crippen molar-refractivity contribution in [3.8, 4) is 0 Å². The molecule has 1 amide bonds. The maximum Gasteiger partial charge on any atom is 0.260 e. The Kier molecular flexibility index (Phi) is 2.30. The van der Waals surface area contributed by atoms with Crippen LogP contribution in [0.15, 0.2) is 0 Å². The van der Waals surface area contributed by atoms with Crippen molar-refractivity contribution in [3.05, 3.63) is 0 Å². The van der Waals surface area contributed by atoms with Crippen LogP contribution in [-0.4, -0.2) is 29.8 Å². The second-order valence-corrected chi connectivity index (χ2v) is 6.26. The molecule has 5 atom stereocenters. The number of hydrogen-bond donors (Lipinski definition) is 0. The van der Waals surface area contributed by atoms with Gasteiger partial charge in [0.25, 0.3) is 5.92 Å². The van der Waals surface area contributed by atoms with E-state index in [1.807, 2.05) is 0 Å². The lowest BCUT2D eigenvalue weighted by atomic mass is 9.91. The molecule has 3 fully saturated rings. The van der Waals surface area contributed by atoms with Gasteiger partial charge in [0.1, 0.15) is 5.92 Å². The Hall–Kier alpha value is -0.670. The largest absolute Gasteiger partial charge is 0.342 e. The number of halogens is 2. The van der Waals surface area contributed by atoms with E-state index in [-0.39, 0.29) is 12.3 Å². The van der Waals surface area contributed by atoms with Crippen LogP contribution in [0.2, 0.25) is 0 Å². The lowest BCUT2D eigenvalue weighted by Gasteiger charge is -2.21. The van der Waals surface area contributed by atoms with E-state index in [2.05, 4.69) is 13.8 Å². The fourth-order valence-corrected chi connectivity index (χ4v) is 3.74. The van der Waals surface area contributed by atoms with E-state index in [4.69, 9.17) is 0 Å². The maximum absolute atomic E-state index is 12.9. The molecule has 0 aromatic heterocycles. The fourth-order valence-electron chi connectivity index (χ4n) is 3.74. The highest BCUT2D eigenvalue weighted by Gasteiger charge is 2.63. The molecule has 1 heterocycles. The molecule has 1 saturated heterocycles. The van der Waals surface area contributed by atoms with Gasteiger partial charge >= 0.3 is 0 Å². The molecular formula is C13H19F2NO. The number of hydrogen-bond acceptors (Lipinski definition) is 1. The molecule has 0 bridgehead atoms. The highest BCUT2D eigenvalue weighted by molar-refractivity contribution is 5.83. The van der Waals surface area contributed by atoms with Crippen LogP contribution < -0.4 is 0 Å². The summed E-state index contributed by atoms with van der Waals surface area (Å²) in [4.78, 5) is 13.6. The molecule has 96 valence electrons. The smallest absolute Gasteiger partial charge is 0.260 e. The zero-order valence-corrected chi connectivity index (χ0v) is 10.3. The van der Waals surface area contributed by atoms with E-state index >= 15 is 0 Å². The Balaban J connectivity index is 1.64. The Morgan fingerprint density at radius 3 is 2.47 bits per heavy atom. The average molecular weight is 243 g/mol. The summed E-state index contributed by atoms with van der Waals surface area (Å²) in [7, 11) is 0. The molecule has 3 aliphatic rings. The Labute approximate surface area is 100 Å². The summed E-state index contributed by atoms with van der Waals surface area (Å²) in [6, 6.07) is 0. The number of amides is 1. The van der Waals surface area contributed by atoms with Gasteiger partial charge < -0.3 is 4.90 Å². The maximum atomic E-state index is 12.9. The first-order valence-corrected chi connectivity index (χ1v) is 6.56. The van der Waals surface area contributed by atoms with Crippen LogP contribution in [0.3, 0.4) is 0 Å². The van der Waals surface area contributed by atoms with Gasteiger partial charge in [0.2, 0.25) is 5.91 Å². The highest BCUT2D eigenvalue weighted by Crippen LogP contribution is 2.51. The molecule has 17 heavy (non-hydrogen) atoms. The molecule has 0 aromatic carbocycles. The van der Waals surface area contributed by atoms with E-state index in [1.165, 1.54) is 0 Å². The van der Waals surface area contributed by atoms with Crippen molar-refractivity contribution in [1.82, 2.24) is 4.90 Å². The van der Waals surface area contributed by atoms with Crippen molar-refractivity contribution < 1.29 is 13.6 Å². The van der Waals surface area contributed by atoms with Gasteiger partial charge in [0.05, 0.1) is 0 Å². The number of likely N-dealkylation sites (tertiary alicyclic amines) is 1. The van der Waals surface area contributed by atoms with E-state index < -0.39 is 11.8 Å². The molecule has 0 aromatic rings. The summed E-state index contributed by atoms with van der Waals surface area (Å²) in [6.45, 7) is 5.91. The van der Waals surface area contributed by atoms with Gasteiger partial charge in [-0.15, -0.1) is 0 Å². The van der Waals surface area contributed by atoms with Gasteiger partial charge in [-0.2, -0.15) is 0 Å². The van der Waals surface area contributed by atoms with Gasteiger partial charge in [-0.1, -0.05) is 13.8 Å². The zero-order chi connectivity index (χ0) is 12.4. The molecule has 3 rings (SSSR count). The second kappa shape index (κ2) is 3.42. The minimum atomic E-state index is -2.71. The summed E-state index contributed by atoms with van der Waals surface area (Å²) in [5.41, 5.74) is 0. The van der Waals surface area contributed by atoms with E-state index in [1.54, 1.807) is 4.90 Å². The quantitative estimate of drug-likeness (QED) is 0.692. The van der Waals surface area contributed by atoms with Crippen molar-refractivity contribution >= 4 is 5.91 Å². The standard InChI is InChI=1S/C13H19F2NO/c1-7-3-9-5-16(6-10(9)8(7)2)12(17)11-4-13(11,14)15/h7-11H,3-6H2,1-2H3. The van der Waals surface area contributed by atoms with Crippen molar-refractivity contribution in [3.63, 3.8) is 0 Å². The SMILES string of the molecule is CC1CC2CN(C(=O)C3CC3(F)F)CC2C1C. The molecule has 0 radical (unpaired) electrons. The third-order valence-electron chi connectivity index (χ3n) is 5.17. The van der Waals surface area contributed by atoms with E-state index in [0.29, 0.717) is 36.8 Å². The summed E-state index contributed by atoms with van der Waals surface area (Å²) < 4.78 is 25.8. The van der Waals surface area contributed by atoms with Crippen molar-refractivity contribution in [1.29, 1.82) is 0 Å². The van der Waals surface area contributed by atoms with E-state index in [0.717, 1.165) is 6.42 Å². The van der Waals surface area contributed by atoms with Crippen LogP contribution in [0.4, 0.5) is 8.78 Å². The molecule has 5 unspecified atom stereocenters. The third kappa shape index (κ3) is 1.67. The lowest BCUT2D eigenvalue weighted by Crippen LogP contribution is -2.33. The average Bonchev–Trinajstić information content (AvgIpc) is 2.61. The summed E-state index contributed by atoms with van der Waals surface area (Å²) in [5, 5.41) is 0. The summed E-state index contributed by atoms with van der Waals surface area (Å²) >= 11 is 0. The van der Waals surface area contributed by atoms with Gasteiger partial charge in [-0.05, 0) is 30.1 Å². The van der Waals surface area contributed by atoms with Gasteiger partial charge in [-0.3, -0.25) is 4.79 Å². The predicted octanol–water partition coefficient (Wildman–Crippen LogP) is 2.39. The first-order chi connectivity index (χ1) is 7.90. The topological polar surface area (TPSA) is 20.3 Å². The Morgan fingerprint density at radius 1 is 1.29 bits per heavy atom. The number of fused-ring (bicyclic) bond motifs is 1. The minimum Gasteiger partial charge on any atom is -0.342 e. The van der Waals surface area contributed by atoms with Crippen LogP contribution in [0.5, 0.6) is 0 Å². The van der Waals surface area contributed by atoms with Gasteiger partial charge in [-0.25, -0.2) is 8.78 Å². The summed E-state index contributed by atoms with van der Waals surface area (Å²) in [5.74, 6) is -1.59. The fraction of sp³-hybridized carbons (Fsp3) is 0.923. The van der Waals surface area contributed by atoms with Crippen LogP contribution in [0.1, 0.15) is 26.7 Å². The molecule has 2 saturated carbocycles. The number of alkyl halides is 2. The molecule has 4 heteroatoms. The third-order valence-corrected chi connectivity index (χ3v) is 5.17. The first-order valence-electron chi connectivity index (χ1n) is 6.56. The molecule has 0 spiro atoms. The van der Waals surface area contributed by atoms with Gasteiger partial charge in [0.15, 0.2) is 0 Å². The Bertz CT molecular complexity index is 357. The van der Waals surface area contributed by atoms with Crippen molar-refractivity contribution in [2.24, 2.45) is 29.6 Å². The van der Waals surface area contributed by atoms with Crippen molar-refractivity contribution in [2.45, 2.75) is 32.6 Å². The lowest BCUT2D eigenvalue weighted by molar-refractivity contribution is -0.134. The van der Waals surface area contributed by atoms with Crippen LogP contribution >= 0.6 is 0 Å². The van der Waals surface area contributed by atoms with Crippen LogP contribution in [0.25, 0.3) is 0 Å². The molecule has 1 aliphatic heterocycles. The number of carbonyl (C=O) groups excluding carboxylic acids is 1. The summed E-state index contributed by atoms with van der Waals surface area (Å²) in [6.07, 6.45) is 0.917. The van der Waals surface area contributed by atoms with Crippen molar-refractivity contribution in [2.75, 3.05) is 13.1 Å². The van der Waals surface area contributed by atoms with Crippen LogP contribution in [0, 0.1) is 29.6 Å². The number of rotatable bonds is 1. The number of carbonyl (C=O) groups is 1. The van der Waals surface area contributed by atoms with E-state index in [9.17, 15) is 13.6 Å². The van der Waals surface area contributed by atoms with Crippen LogP contribution in [-0.2, 0) is 4.79 Å². The zero-order valence-electron chi connectivity index (χ0n) is 10.3. The normalized spacial score (nSPS) is 47.1. The monoisotopic (exact) mass is 243 g/mol. The molecule has 0 N–H and O–H groups in total. The second-order valence-electron chi connectivity index (χ2n) is 6.26. The highest BCUT2D eigenvalue weighted by atomic mass is 19.3. The predicted molar refractivity (Wildman–Crippen MR) is 59.6 cm³/mol.